The molecule has 2 aromatic heterocycles. The Bertz CT molecular complexity index is 1780. The lowest BCUT2D eigenvalue weighted by Crippen LogP contribution is -2.51. The fourth-order valence-corrected chi connectivity index (χ4v) is 6.52. The molecular formula is C31H30N6O6S. The first-order valence-corrected chi connectivity index (χ1v) is 14.9. The first-order valence-electron chi connectivity index (χ1n) is 14.1. The lowest BCUT2D eigenvalue weighted by atomic mass is 10.0. The van der Waals surface area contributed by atoms with E-state index in [9.17, 15) is 19.2 Å². The molecule has 5 amide bonds. The summed E-state index contributed by atoms with van der Waals surface area (Å²) in [7, 11) is 1.34. The number of benzene rings is 2. The summed E-state index contributed by atoms with van der Waals surface area (Å²) < 4.78 is 5.96. The minimum atomic E-state index is -1.18. The summed E-state index contributed by atoms with van der Waals surface area (Å²) in [5.41, 5.74) is 2.50. The number of aryl methyl sites for hydroxylation is 1. The van der Waals surface area contributed by atoms with Gasteiger partial charge >= 0.3 is 12.1 Å². The molecule has 6 rings (SSSR count). The van der Waals surface area contributed by atoms with E-state index in [0.717, 1.165) is 10.5 Å². The molecule has 226 valence electrons. The quantitative estimate of drug-likeness (QED) is 0.252. The van der Waals surface area contributed by atoms with Gasteiger partial charge in [0.25, 0.3) is 5.91 Å². The fourth-order valence-electron chi connectivity index (χ4n) is 5.49. The van der Waals surface area contributed by atoms with Gasteiger partial charge in [0, 0.05) is 32.4 Å². The second-order valence-electron chi connectivity index (χ2n) is 10.7. The predicted octanol–water partition coefficient (Wildman–Crippen LogP) is 5.41. The number of carbonyl (C=O) groups excluding carboxylic acids is 3. The Balaban J connectivity index is 1.23. The van der Waals surface area contributed by atoms with Crippen LogP contribution in [0, 0.1) is 6.92 Å². The monoisotopic (exact) mass is 614 g/mol. The number of ether oxygens (including phenoxy) is 1. The number of anilines is 3. The van der Waals surface area contributed by atoms with Crippen LogP contribution in [0.5, 0.6) is 11.5 Å². The molecule has 1 atom stereocenters. The molecule has 2 aliphatic rings. The molecule has 1 fully saturated rings. The number of piperidine rings is 1. The summed E-state index contributed by atoms with van der Waals surface area (Å²) in [6.45, 7) is 2.41. The third kappa shape index (κ3) is 5.61. The molecule has 1 unspecified atom stereocenters. The van der Waals surface area contributed by atoms with Crippen molar-refractivity contribution in [3.63, 3.8) is 0 Å². The lowest BCUT2D eigenvalue weighted by Gasteiger charge is -2.34. The van der Waals surface area contributed by atoms with Crippen LogP contribution in [0.2, 0.25) is 0 Å². The highest BCUT2D eigenvalue weighted by Crippen LogP contribution is 2.46. The molecule has 13 heteroatoms. The zero-order valence-corrected chi connectivity index (χ0v) is 24.9. The average molecular weight is 615 g/mol. The van der Waals surface area contributed by atoms with E-state index in [2.05, 4.69) is 15.6 Å². The van der Waals surface area contributed by atoms with Gasteiger partial charge in [-0.05, 0) is 61.7 Å². The van der Waals surface area contributed by atoms with E-state index in [1.165, 1.54) is 18.4 Å². The van der Waals surface area contributed by atoms with Crippen molar-refractivity contribution >= 4 is 62.6 Å². The van der Waals surface area contributed by atoms with Crippen LogP contribution >= 0.6 is 11.3 Å². The molecule has 3 N–H and O–H groups in total. The van der Waals surface area contributed by atoms with Crippen molar-refractivity contribution in [2.75, 3.05) is 36.9 Å². The van der Waals surface area contributed by atoms with E-state index < -0.39 is 12.1 Å². The molecule has 1 saturated heterocycles. The molecule has 0 aliphatic carbocycles. The van der Waals surface area contributed by atoms with Crippen molar-refractivity contribution in [3.8, 4) is 11.5 Å². The standard InChI is InChI=1S/C31H30N6O6S/c1-18-15-21(43-20-8-4-3-5-9-20)10-11-22(18)37-23-12-13-32-29-25(23)26(34-30(37)40)27(44-29)28(39)33-19-7-6-14-36(16-19)24(38)17-35(2)31(41)42/h3-5,8-13,15,19H,6-7,14,16-17H2,1-2H3,(H,33,39)(H,34,40)(H,41,42). The van der Waals surface area contributed by atoms with Crippen LogP contribution in [-0.2, 0) is 4.79 Å². The smallest absolute Gasteiger partial charge is 0.407 e. The molecule has 12 nitrogen and oxygen atoms in total. The van der Waals surface area contributed by atoms with Gasteiger partial charge in [-0.25, -0.2) is 14.6 Å². The minimum Gasteiger partial charge on any atom is -0.465 e. The second-order valence-corrected chi connectivity index (χ2v) is 11.7. The van der Waals surface area contributed by atoms with Crippen molar-refractivity contribution in [1.82, 2.24) is 20.1 Å². The maximum Gasteiger partial charge on any atom is 0.407 e. The van der Waals surface area contributed by atoms with Gasteiger partial charge in [-0.1, -0.05) is 18.2 Å². The molecule has 44 heavy (non-hydrogen) atoms. The number of para-hydroxylation sites is 1. The predicted molar refractivity (Wildman–Crippen MR) is 166 cm³/mol. The Morgan fingerprint density at radius 1 is 1.14 bits per heavy atom. The number of likely N-dealkylation sites (tertiary alicyclic amines) is 1. The summed E-state index contributed by atoms with van der Waals surface area (Å²) in [5, 5.41) is 15.7. The van der Waals surface area contributed by atoms with E-state index in [-0.39, 0.29) is 30.9 Å². The van der Waals surface area contributed by atoms with Crippen LogP contribution in [0.25, 0.3) is 10.2 Å². The van der Waals surface area contributed by atoms with Gasteiger partial charge in [0.05, 0.1) is 22.4 Å². The Morgan fingerprint density at radius 2 is 1.93 bits per heavy atom. The van der Waals surface area contributed by atoms with Crippen LogP contribution in [0.3, 0.4) is 0 Å². The van der Waals surface area contributed by atoms with E-state index in [1.807, 2.05) is 49.4 Å². The number of nitrogens with zero attached hydrogens (tertiary/aromatic N) is 4. The van der Waals surface area contributed by atoms with E-state index in [4.69, 9.17) is 9.84 Å². The van der Waals surface area contributed by atoms with E-state index >= 15 is 0 Å². The van der Waals surface area contributed by atoms with Gasteiger partial charge < -0.3 is 30.3 Å². The van der Waals surface area contributed by atoms with Crippen molar-refractivity contribution < 1.29 is 29.0 Å². The van der Waals surface area contributed by atoms with Gasteiger partial charge in [-0.3, -0.25) is 14.5 Å². The highest BCUT2D eigenvalue weighted by atomic mass is 32.1. The van der Waals surface area contributed by atoms with Crippen molar-refractivity contribution in [2.24, 2.45) is 0 Å². The Labute approximate surface area is 256 Å². The number of nitrogens with one attached hydrogen (secondary N) is 2. The van der Waals surface area contributed by atoms with Crippen LogP contribution < -0.4 is 20.3 Å². The number of amides is 5. The van der Waals surface area contributed by atoms with Gasteiger partial charge in [-0.15, -0.1) is 11.3 Å². The molecular weight excluding hydrogens is 584 g/mol. The van der Waals surface area contributed by atoms with Crippen LogP contribution in [-0.4, -0.2) is 76.6 Å². The summed E-state index contributed by atoms with van der Waals surface area (Å²) >= 11 is 1.19. The van der Waals surface area contributed by atoms with Crippen molar-refractivity contribution in [3.05, 3.63) is 71.2 Å². The molecule has 0 spiro atoms. The molecule has 2 aromatic carbocycles. The topological polar surface area (TPSA) is 144 Å². The molecule has 0 saturated carbocycles. The van der Waals surface area contributed by atoms with Crippen molar-refractivity contribution in [2.45, 2.75) is 25.8 Å². The first kappa shape index (κ1) is 28.9. The molecule has 4 heterocycles. The van der Waals surface area contributed by atoms with Gasteiger partial charge in [0.1, 0.15) is 27.8 Å². The Hall–Kier alpha value is -5.17. The second kappa shape index (κ2) is 11.8. The van der Waals surface area contributed by atoms with Crippen LogP contribution in [0.15, 0.2) is 60.8 Å². The lowest BCUT2D eigenvalue weighted by molar-refractivity contribution is -0.133. The van der Waals surface area contributed by atoms with E-state index in [0.29, 0.717) is 63.0 Å². The normalized spacial score (nSPS) is 16.0. The fraction of sp³-hybridized carbons (Fsp3) is 0.258. The number of carbonyl (C=O) groups is 4. The summed E-state index contributed by atoms with van der Waals surface area (Å²) in [5.74, 6) is 0.658. The SMILES string of the molecule is Cc1cc(Oc2ccccc2)ccc1N1C(=O)Nc2c(C(=O)NC3CCCN(C(=O)CN(C)C(=O)O)C3)sc3nccc1c23. The zero-order chi connectivity index (χ0) is 31.0. The number of pyridine rings is 1. The highest BCUT2D eigenvalue weighted by Gasteiger charge is 2.34. The maximum absolute atomic E-state index is 13.6. The van der Waals surface area contributed by atoms with Gasteiger partial charge in [0.2, 0.25) is 5.91 Å². The Morgan fingerprint density at radius 3 is 2.68 bits per heavy atom. The number of hydrogen-bond acceptors (Lipinski definition) is 7. The van der Waals surface area contributed by atoms with Gasteiger partial charge in [0.15, 0.2) is 0 Å². The van der Waals surface area contributed by atoms with Crippen LogP contribution in [0.1, 0.15) is 28.1 Å². The third-order valence-electron chi connectivity index (χ3n) is 7.65. The number of aromatic nitrogens is 1. The molecule has 0 radical (unpaired) electrons. The molecule has 0 bridgehead atoms. The third-order valence-corrected chi connectivity index (χ3v) is 8.75. The minimum absolute atomic E-state index is 0.254. The number of thiophene rings is 1. The Kier molecular flexibility index (Phi) is 7.78. The maximum atomic E-state index is 13.6. The number of urea groups is 1. The zero-order valence-electron chi connectivity index (χ0n) is 24.1. The number of likely N-dealkylation sites (N-methyl/N-ethyl adjacent to an activating group) is 1. The number of carboxylic acid groups (broad SMARTS) is 1. The summed E-state index contributed by atoms with van der Waals surface area (Å²) in [6, 6.07) is 16.0. The number of hydrogen-bond donors (Lipinski definition) is 3. The highest BCUT2D eigenvalue weighted by molar-refractivity contribution is 7.21. The molecule has 2 aliphatic heterocycles. The first-order chi connectivity index (χ1) is 21.2. The van der Waals surface area contributed by atoms with E-state index in [1.54, 1.807) is 28.1 Å². The largest absolute Gasteiger partial charge is 0.465 e. The van der Waals surface area contributed by atoms with Crippen LogP contribution in [0.4, 0.5) is 26.7 Å². The summed E-state index contributed by atoms with van der Waals surface area (Å²) in [4.78, 5) is 60.4. The van der Waals surface area contributed by atoms with Gasteiger partial charge in [-0.2, -0.15) is 0 Å². The summed E-state index contributed by atoms with van der Waals surface area (Å²) in [6.07, 6.45) is 1.76. The average Bonchev–Trinajstić information content (AvgIpc) is 3.38. The van der Waals surface area contributed by atoms with Crippen molar-refractivity contribution in [1.29, 1.82) is 0 Å². The molecule has 4 aromatic rings. The number of rotatable bonds is 7.